The average molecular weight is 327 g/mol. The van der Waals surface area contributed by atoms with Gasteiger partial charge in [0.25, 0.3) is 0 Å². The molecule has 0 aliphatic heterocycles. The molecular weight excluding hydrogens is 264 g/mol. The highest BCUT2D eigenvalue weighted by atomic mass is 13.4. The van der Waals surface area contributed by atoms with Gasteiger partial charge in [-0.1, -0.05) is 150 Å². The molecule has 0 unspecified atom stereocenters. The third-order valence-electron chi connectivity index (χ3n) is 0. The largest absolute Gasteiger partial charge is 0.0683 e. The molecule has 0 aromatic rings. The van der Waals surface area contributed by atoms with Gasteiger partial charge in [-0.2, -0.15) is 0 Å². The van der Waals surface area contributed by atoms with E-state index in [9.17, 15) is 0 Å². The molecule has 22 heavy (non-hydrogen) atoms. The molecule has 0 saturated heterocycles. The van der Waals surface area contributed by atoms with Gasteiger partial charge < -0.3 is 0 Å². The zero-order chi connectivity index (χ0) is 20.8. The van der Waals surface area contributed by atoms with Crippen molar-refractivity contribution in [2.45, 2.75) is 150 Å². The minimum Gasteiger partial charge on any atom is -0.0683 e. The molecule has 0 nitrogen and oxygen atoms in total. The topological polar surface area (TPSA) is 0 Å². The van der Waals surface area contributed by atoms with Crippen LogP contribution in [0.2, 0.25) is 0 Å². The molecule has 150 valence electrons. The van der Waals surface area contributed by atoms with E-state index >= 15 is 0 Å². The summed E-state index contributed by atoms with van der Waals surface area (Å²) in [6.07, 6.45) is 5.00. The highest BCUT2D eigenvalue weighted by Crippen LogP contribution is 1.57. The summed E-state index contributed by atoms with van der Waals surface area (Å²) >= 11 is 0. The van der Waals surface area contributed by atoms with Crippen LogP contribution in [0.3, 0.4) is 0 Å². The Bertz CT molecular complexity index is 8.00. The Morgan fingerprint density at radius 2 is 0.227 bits per heavy atom. The van der Waals surface area contributed by atoms with Crippen LogP contribution in [-0.4, -0.2) is 0 Å². The van der Waals surface area contributed by atoms with Crippen LogP contribution in [0.25, 0.3) is 0 Å². The smallest absolute Gasteiger partial charge is 0.0590 e. The van der Waals surface area contributed by atoms with Crippen molar-refractivity contribution < 1.29 is 0 Å². The van der Waals surface area contributed by atoms with Gasteiger partial charge in [0.1, 0.15) is 0 Å². The summed E-state index contributed by atoms with van der Waals surface area (Å²) in [5.74, 6) is 0. The van der Waals surface area contributed by atoms with Gasteiger partial charge in [-0.05, 0) is 0 Å². The van der Waals surface area contributed by atoms with E-state index < -0.39 is 0 Å². The lowest BCUT2D eigenvalue weighted by Crippen LogP contribution is -1.27. The summed E-state index contributed by atoms with van der Waals surface area (Å²) in [5, 5.41) is 0. The van der Waals surface area contributed by atoms with Crippen LogP contribution in [-0.2, 0) is 0 Å². The summed E-state index contributed by atoms with van der Waals surface area (Å²) in [5.41, 5.74) is 0. The van der Waals surface area contributed by atoms with E-state index in [0.29, 0.717) is 0 Å². The number of rotatable bonds is 0. The van der Waals surface area contributed by atoms with Gasteiger partial charge in [-0.3, -0.25) is 0 Å². The van der Waals surface area contributed by atoms with Gasteiger partial charge >= 0.3 is 0 Å². The lowest BCUT2D eigenvalue weighted by molar-refractivity contribution is 1.09. The second kappa shape index (κ2) is 525. The van der Waals surface area contributed by atoms with Gasteiger partial charge in [0.15, 0.2) is 0 Å². The maximum atomic E-state index is 2.12. The van der Waals surface area contributed by atoms with Crippen molar-refractivity contribution in [2.75, 3.05) is 0 Å². The van der Waals surface area contributed by atoms with Gasteiger partial charge in [0, 0.05) is 0 Å². The SMILES string of the molecule is CC.CC.CC.CC.CC.CCC.CCC.CCC.CCC. The first-order valence-electron chi connectivity index (χ1n) is 10.7. The van der Waals surface area contributed by atoms with E-state index in [-0.39, 0.29) is 0 Å². The van der Waals surface area contributed by atoms with Crippen molar-refractivity contribution >= 4 is 0 Å². The lowest BCUT2D eigenvalue weighted by Gasteiger charge is -1.48. The van der Waals surface area contributed by atoms with E-state index in [0.717, 1.165) is 0 Å². The van der Waals surface area contributed by atoms with Crippen molar-refractivity contribution in [1.29, 1.82) is 0 Å². The summed E-state index contributed by atoms with van der Waals surface area (Å²) in [6.45, 7) is 37.0. The monoisotopic (exact) mass is 326 g/mol. The van der Waals surface area contributed by atoms with Crippen molar-refractivity contribution in [2.24, 2.45) is 0 Å². The molecule has 0 aromatic carbocycles. The molecule has 0 atom stereocenters. The lowest BCUT2D eigenvalue weighted by atomic mass is 10.6. The van der Waals surface area contributed by atoms with Crippen molar-refractivity contribution in [3.05, 3.63) is 0 Å². The second-order valence-electron chi connectivity index (χ2n) is 2.83. The van der Waals surface area contributed by atoms with Gasteiger partial charge in [-0.15, -0.1) is 0 Å². The summed E-state index contributed by atoms with van der Waals surface area (Å²) < 4.78 is 0. The molecule has 0 aromatic heterocycles. The molecule has 0 fully saturated rings. The van der Waals surface area contributed by atoms with Crippen molar-refractivity contribution in [3.63, 3.8) is 0 Å². The second-order valence-corrected chi connectivity index (χ2v) is 2.83. The number of hydrogen-bond acceptors (Lipinski definition) is 0. The predicted molar refractivity (Wildman–Crippen MR) is 121 cm³/mol. The minimum absolute atomic E-state index is 1.25. The maximum Gasteiger partial charge on any atom is -0.0590 e. The molecule has 0 heterocycles. The van der Waals surface area contributed by atoms with E-state index in [2.05, 4.69) is 55.4 Å². The highest BCUT2D eigenvalue weighted by molar-refractivity contribution is 3.93. The van der Waals surface area contributed by atoms with Crippen LogP contribution in [0.5, 0.6) is 0 Å². The Hall–Kier alpha value is 0. The standard InChI is InChI=1S/4C3H8.5C2H6/c4*1-3-2;5*1-2/h4*3H2,1-2H3;5*1-2H3. The molecule has 0 bridgehead atoms. The quantitative estimate of drug-likeness (QED) is 0.415. The molecule has 0 heteroatoms. The molecule has 0 spiro atoms. The van der Waals surface area contributed by atoms with Crippen LogP contribution in [0.15, 0.2) is 0 Å². The van der Waals surface area contributed by atoms with Gasteiger partial charge in [-0.25, -0.2) is 0 Å². The Morgan fingerprint density at radius 1 is 0.227 bits per heavy atom. The molecule has 0 N–H and O–H groups in total. The van der Waals surface area contributed by atoms with Gasteiger partial charge in [0.05, 0.1) is 0 Å². The fourth-order valence-corrected chi connectivity index (χ4v) is 0. The average Bonchev–Trinajstić information content (AvgIpc) is 2.59. The van der Waals surface area contributed by atoms with E-state index in [1.807, 2.05) is 69.2 Å². The Balaban J connectivity index is -0.0000000125. The van der Waals surface area contributed by atoms with Crippen LogP contribution in [0.1, 0.15) is 150 Å². The zero-order valence-corrected chi connectivity index (χ0v) is 20.8. The first-order valence-corrected chi connectivity index (χ1v) is 10.7. The fraction of sp³-hybridized carbons (Fsp3) is 1.00. The Labute approximate surface area is 150 Å². The fourth-order valence-electron chi connectivity index (χ4n) is 0. The van der Waals surface area contributed by atoms with Crippen LogP contribution in [0.4, 0.5) is 0 Å². The van der Waals surface area contributed by atoms with E-state index in [1.165, 1.54) is 25.7 Å². The Kier molecular flexibility index (Phi) is 1370. The molecule has 0 aliphatic carbocycles. The molecule has 0 saturated carbocycles. The summed E-state index contributed by atoms with van der Waals surface area (Å²) in [7, 11) is 0. The van der Waals surface area contributed by atoms with Crippen molar-refractivity contribution in [3.8, 4) is 0 Å². The number of hydrogen-bond donors (Lipinski definition) is 0. The van der Waals surface area contributed by atoms with Gasteiger partial charge in [0.2, 0.25) is 0 Å². The van der Waals surface area contributed by atoms with Crippen LogP contribution >= 0.6 is 0 Å². The summed E-state index contributed by atoms with van der Waals surface area (Å²) in [6, 6.07) is 0. The van der Waals surface area contributed by atoms with E-state index in [1.54, 1.807) is 0 Å². The van der Waals surface area contributed by atoms with E-state index in [4.69, 9.17) is 0 Å². The third kappa shape index (κ3) is 0. The third-order valence-corrected chi connectivity index (χ3v) is 0. The molecule has 0 radical (unpaired) electrons. The first kappa shape index (κ1) is 57.4. The summed E-state index contributed by atoms with van der Waals surface area (Å²) in [4.78, 5) is 0. The highest BCUT2D eigenvalue weighted by Gasteiger charge is 1.36. The molecule has 0 aliphatic rings. The van der Waals surface area contributed by atoms with Crippen molar-refractivity contribution in [1.82, 2.24) is 0 Å². The Morgan fingerprint density at radius 3 is 0.227 bits per heavy atom. The predicted octanol–water partition coefficient (Wildman–Crippen LogP) is 10.8. The zero-order valence-electron chi connectivity index (χ0n) is 20.8. The maximum absolute atomic E-state index is 2.12. The normalized spacial score (nSPS) is 4.64. The molecule has 0 amide bonds. The first-order chi connectivity index (χ1) is 10.7. The molecule has 0 rings (SSSR count). The van der Waals surface area contributed by atoms with Crippen LogP contribution < -0.4 is 0 Å². The minimum atomic E-state index is 1.25. The van der Waals surface area contributed by atoms with Crippen LogP contribution in [0, 0.1) is 0 Å². The molecular formula is C22H62.